The monoisotopic (exact) mass is 543 g/mol. The van der Waals surface area contributed by atoms with Gasteiger partial charge in [-0.15, -0.1) is 0 Å². The van der Waals surface area contributed by atoms with Crippen LogP contribution in [0.4, 0.5) is 4.79 Å². The third-order valence-corrected chi connectivity index (χ3v) is 6.87. The Kier molecular flexibility index (Phi) is 8.02. The number of ether oxygens (including phenoxy) is 2. The van der Waals surface area contributed by atoms with Crippen molar-refractivity contribution >= 4 is 6.09 Å². The molecule has 0 atom stereocenters. The molecule has 0 saturated carbocycles. The smallest absolute Gasteiger partial charge is 0.410 e. The highest BCUT2D eigenvalue weighted by Crippen LogP contribution is 2.24. The highest BCUT2D eigenvalue weighted by molar-refractivity contribution is 5.68. The second-order valence-corrected chi connectivity index (χ2v) is 11.4. The van der Waals surface area contributed by atoms with Crippen LogP contribution < -0.4 is 0 Å². The van der Waals surface area contributed by atoms with Crippen molar-refractivity contribution in [1.29, 1.82) is 0 Å². The molecule has 0 unspecified atom stereocenters. The lowest BCUT2D eigenvalue weighted by Gasteiger charge is -2.33. The third-order valence-electron chi connectivity index (χ3n) is 6.87. The minimum atomic E-state index is -0.483. The number of hydrogen-bond donors (Lipinski definition) is 0. The summed E-state index contributed by atoms with van der Waals surface area (Å²) in [4.78, 5) is 18.6. The lowest BCUT2D eigenvalue weighted by molar-refractivity contribution is -0.0170. The molecule has 0 spiro atoms. The fourth-order valence-corrected chi connectivity index (χ4v) is 4.58. The third kappa shape index (κ3) is 6.96. The van der Waals surface area contributed by atoms with Crippen LogP contribution in [0.3, 0.4) is 0 Å². The largest absolute Gasteiger partial charge is 0.444 e. The number of hydrogen-bond acceptors (Lipinski definition) is 7. The molecule has 2 aromatic carbocycles. The Labute approximate surface area is 235 Å². The highest BCUT2D eigenvalue weighted by atomic mass is 16.6. The molecule has 210 valence electrons. The number of rotatable bonds is 7. The van der Waals surface area contributed by atoms with Gasteiger partial charge >= 0.3 is 6.09 Å². The Hall–Kier alpha value is -3.98. The average Bonchev–Trinajstić information content (AvgIpc) is 3.56. The number of aryl methyl sites for hydroxylation is 2. The predicted octanol–water partition coefficient (Wildman–Crippen LogP) is 6.18. The van der Waals surface area contributed by atoms with E-state index in [4.69, 9.17) is 19.1 Å². The van der Waals surface area contributed by atoms with Gasteiger partial charge in [0.2, 0.25) is 5.82 Å². The minimum Gasteiger partial charge on any atom is -0.444 e. The van der Waals surface area contributed by atoms with Crippen molar-refractivity contribution < 1.29 is 18.8 Å². The van der Waals surface area contributed by atoms with Crippen LogP contribution in [0, 0.1) is 13.8 Å². The number of piperidine rings is 1. The van der Waals surface area contributed by atoms with Gasteiger partial charge in [0.05, 0.1) is 19.3 Å². The Morgan fingerprint density at radius 1 is 1.00 bits per heavy atom. The lowest BCUT2D eigenvalue weighted by atomic mass is 10.1. The van der Waals surface area contributed by atoms with Crippen molar-refractivity contribution in [3.63, 3.8) is 0 Å². The Bertz CT molecular complexity index is 1430. The first-order chi connectivity index (χ1) is 19.1. The van der Waals surface area contributed by atoms with Gasteiger partial charge in [0.25, 0.3) is 5.89 Å². The Morgan fingerprint density at radius 3 is 2.35 bits per heavy atom. The fraction of sp³-hybridized carbons (Fsp3) is 0.419. The van der Waals surface area contributed by atoms with E-state index in [0.29, 0.717) is 43.7 Å². The fourth-order valence-electron chi connectivity index (χ4n) is 4.58. The molecule has 3 heterocycles. The average molecular weight is 544 g/mol. The summed E-state index contributed by atoms with van der Waals surface area (Å²) >= 11 is 0. The summed E-state index contributed by atoms with van der Waals surface area (Å²) in [7, 11) is 0. The number of carbonyl (C=O) groups excluding carboxylic acids is 1. The summed E-state index contributed by atoms with van der Waals surface area (Å²) in [6.45, 7) is 12.2. The van der Waals surface area contributed by atoms with Gasteiger partial charge in [0.15, 0.2) is 5.69 Å². The van der Waals surface area contributed by atoms with Crippen LogP contribution in [0.25, 0.3) is 23.0 Å². The van der Waals surface area contributed by atoms with Crippen LogP contribution in [-0.4, -0.2) is 55.7 Å². The molecule has 1 aliphatic heterocycles. The summed E-state index contributed by atoms with van der Waals surface area (Å²) in [6.07, 6.45) is 1.45. The van der Waals surface area contributed by atoms with Gasteiger partial charge in [-0.3, -0.25) is 4.68 Å². The predicted molar refractivity (Wildman–Crippen MR) is 152 cm³/mol. The van der Waals surface area contributed by atoms with E-state index in [0.717, 1.165) is 29.7 Å². The number of amides is 1. The maximum atomic E-state index is 12.3. The maximum absolute atomic E-state index is 12.3. The molecule has 5 rings (SSSR count). The quantitative estimate of drug-likeness (QED) is 0.275. The molecule has 1 aliphatic rings. The normalized spacial score (nSPS) is 14.5. The van der Waals surface area contributed by atoms with E-state index in [9.17, 15) is 4.79 Å². The van der Waals surface area contributed by atoms with Gasteiger partial charge in [-0.05, 0) is 64.7 Å². The molecular formula is C31H37N5O4. The van der Waals surface area contributed by atoms with E-state index in [-0.39, 0.29) is 12.2 Å². The molecule has 0 N–H and O–H groups in total. The van der Waals surface area contributed by atoms with Crippen LogP contribution in [0.1, 0.15) is 56.0 Å². The first-order valence-corrected chi connectivity index (χ1v) is 13.8. The van der Waals surface area contributed by atoms with Crippen molar-refractivity contribution in [2.45, 2.75) is 72.3 Å². The number of likely N-dealkylation sites (tertiary alicyclic amines) is 1. The standard InChI is InChI=1S/C31H37N5O4/c1-21-6-8-23(9-7-21)19-36-22(2)18-27(33-36)29-32-28(34-40-29)25-12-10-24(11-13-25)20-38-26-14-16-35(17-15-26)30(37)39-31(3,4)5/h6-13,18,26H,14-17,19-20H2,1-5H3. The van der Waals surface area contributed by atoms with E-state index >= 15 is 0 Å². The Morgan fingerprint density at radius 2 is 1.68 bits per heavy atom. The summed E-state index contributed by atoms with van der Waals surface area (Å²) in [6, 6.07) is 18.4. The zero-order valence-electron chi connectivity index (χ0n) is 23.9. The van der Waals surface area contributed by atoms with E-state index in [2.05, 4.69) is 41.3 Å². The second-order valence-electron chi connectivity index (χ2n) is 11.4. The molecule has 0 aliphatic carbocycles. The lowest BCUT2D eigenvalue weighted by Crippen LogP contribution is -2.43. The molecule has 9 nitrogen and oxygen atoms in total. The van der Waals surface area contributed by atoms with Gasteiger partial charge in [-0.1, -0.05) is 59.3 Å². The van der Waals surface area contributed by atoms with E-state index in [1.807, 2.05) is 62.7 Å². The topological polar surface area (TPSA) is 95.5 Å². The molecule has 0 bridgehead atoms. The summed E-state index contributed by atoms with van der Waals surface area (Å²) in [5, 5.41) is 8.87. The summed E-state index contributed by atoms with van der Waals surface area (Å²) in [5.74, 6) is 0.911. The van der Waals surface area contributed by atoms with Crippen LogP contribution in [-0.2, 0) is 22.6 Å². The SMILES string of the molecule is Cc1ccc(Cn2nc(-c3nc(-c4ccc(COC5CCN(C(=O)OC(C)(C)C)CC5)cc4)no3)cc2C)cc1. The molecule has 1 fully saturated rings. The molecule has 40 heavy (non-hydrogen) atoms. The Balaban J connectivity index is 1.14. The number of aromatic nitrogens is 4. The van der Waals surface area contributed by atoms with Crippen LogP contribution in [0.2, 0.25) is 0 Å². The van der Waals surface area contributed by atoms with Crippen LogP contribution in [0.5, 0.6) is 0 Å². The van der Waals surface area contributed by atoms with Crippen molar-refractivity contribution in [1.82, 2.24) is 24.8 Å². The van der Waals surface area contributed by atoms with Crippen LogP contribution in [0.15, 0.2) is 59.1 Å². The first kappa shape index (κ1) is 27.6. The highest BCUT2D eigenvalue weighted by Gasteiger charge is 2.27. The zero-order chi connectivity index (χ0) is 28.3. The van der Waals surface area contributed by atoms with Gasteiger partial charge < -0.3 is 18.9 Å². The van der Waals surface area contributed by atoms with E-state index in [1.165, 1.54) is 11.1 Å². The molecule has 9 heteroatoms. The van der Waals surface area contributed by atoms with E-state index in [1.54, 1.807) is 4.90 Å². The van der Waals surface area contributed by atoms with Gasteiger partial charge in [0.1, 0.15) is 5.60 Å². The zero-order valence-corrected chi connectivity index (χ0v) is 23.9. The summed E-state index contributed by atoms with van der Waals surface area (Å²) < 4.78 is 19.1. The molecule has 2 aromatic heterocycles. The molecular weight excluding hydrogens is 506 g/mol. The molecule has 0 radical (unpaired) electrons. The first-order valence-electron chi connectivity index (χ1n) is 13.8. The van der Waals surface area contributed by atoms with E-state index < -0.39 is 5.60 Å². The molecule has 1 saturated heterocycles. The number of carbonyl (C=O) groups is 1. The van der Waals surface area contributed by atoms with Gasteiger partial charge in [0, 0.05) is 24.3 Å². The maximum Gasteiger partial charge on any atom is 0.410 e. The van der Waals surface area contributed by atoms with Crippen molar-refractivity contribution in [3.05, 3.63) is 77.0 Å². The minimum absolute atomic E-state index is 0.118. The summed E-state index contributed by atoms with van der Waals surface area (Å²) in [5.41, 5.74) is 5.54. The van der Waals surface area contributed by atoms with Gasteiger partial charge in [-0.25, -0.2) is 4.79 Å². The number of benzene rings is 2. The van der Waals surface area contributed by atoms with Crippen molar-refractivity contribution in [2.24, 2.45) is 0 Å². The van der Waals surface area contributed by atoms with Crippen molar-refractivity contribution in [3.8, 4) is 23.0 Å². The second kappa shape index (κ2) is 11.6. The molecule has 4 aromatic rings. The van der Waals surface area contributed by atoms with Crippen LogP contribution >= 0.6 is 0 Å². The van der Waals surface area contributed by atoms with Crippen molar-refractivity contribution in [2.75, 3.05) is 13.1 Å². The number of nitrogens with zero attached hydrogens (tertiary/aromatic N) is 5. The van der Waals surface area contributed by atoms with Gasteiger partial charge in [-0.2, -0.15) is 10.1 Å². The molecule has 1 amide bonds.